The van der Waals surface area contributed by atoms with Gasteiger partial charge in [0.15, 0.2) is 0 Å². The van der Waals surface area contributed by atoms with Crippen LogP contribution in [0.15, 0.2) is 152 Å². The topological polar surface area (TPSA) is 34.0 Å². The van der Waals surface area contributed by atoms with Crippen molar-refractivity contribution in [1.82, 2.24) is 14.5 Å². The van der Waals surface area contributed by atoms with Crippen LogP contribution in [0.1, 0.15) is 41.1 Å². The molecule has 2 aliphatic rings. The van der Waals surface area contributed by atoms with Crippen molar-refractivity contribution < 1.29 is 0 Å². The van der Waals surface area contributed by atoms with Gasteiger partial charge in [-0.3, -0.25) is 0 Å². The predicted molar refractivity (Wildman–Crippen MR) is 198 cm³/mol. The maximum Gasteiger partial charge on any atom is 0.231 e. The summed E-state index contributed by atoms with van der Waals surface area (Å²) in [6, 6.07) is 52.4. The van der Waals surface area contributed by atoms with E-state index in [1.54, 1.807) is 0 Å². The second kappa shape index (κ2) is 10.5. The van der Waals surface area contributed by atoms with Gasteiger partial charge in [0.05, 0.1) is 17.3 Å². The monoisotopic (exact) mass is 616 g/mol. The van der Waals surface area contributed by atoms with Crippen molar-refractivity contribution >= 4 is 49.9 Å². The molecule has 8 aromatic rings. The van der Waals surface area contributed by atoms with Gasteiger partial charge in [-0.15, -0.1) is 0 Å². The smallest absolute Gasteiger partial charge is 0.231 e. The number of para-hydroxylation sites is 3. The second-order valence-corrected chi connectivity index (χ2v) is 12.8. The van der Waals surface area contributed by atoms with Gasteiger partial charge in [-0.2, -0.15) is 0 Å². The molecule has 1 aliphatic carbocycles. The fourth-order valence-corrected chi connectivity index (χ4v) is 8.28. The van der Waals surface area contributed by atoms with Crippen LogP contribution in [-0.4, -0.2) is 14.5 Å². The molecule has 0 N–H and O–H groups in total. The first-order chi connectivity index (χ1) is 23.8. The molecule has 3 heterocycles. The van der Waals surface area contributed by atoms with Gasteiger partial charge in [-0.05, 0) is 59.0 Å². The Morgan fingerprint density at radius 2 is 1.29 bits per heavy atom. The third-order valence-electron chi connectivity index (χ3n) is 10.3. The number of nitrogens with zero attached hydrogens (tertiary/aromatic N) is 4. The van der Waals surface area contributed by atoms with Gasteiger partial charge in [-0.1, -0.05) is 127 Å². The summed E-state index contributed by atoms with van der Waals surface area (Å²) in [6.07, 6.45) is 2.51. The van der Waals surface area contributed by atoms with E-state index in [9.17, 15) is 0 Å². The zero-order valence-corrected chi connectivity index (χ0v) is 26.6. The van der Waals surface area contributed by atoms with Gasteiger partial charge in [0.1, 0.15) is 0 Å². The van der Waals surface area contributed by atoms with Crippen LogP contribution in [0.4, 0.5) is 11.6 Å². The molecule has 0 saturated carbocycles. The maximum atomic E-state index is 5.36. The molecule has 228 valence electrons. The van der Waals surface area contributed by atoms with Crippen LogP contribution in [-0.2, 0) is 6.54 Å². The fraction of sp³-hybridized carbons (Fsp3) is 0.0909. The van der Waals surface area contributed by atoms with E-state index in [1.165, 1.54) is 49.6 Å². The molecule has 2 unspecified atom stereocenters. The van der Waals surface area contributed by atoms with E-state index in [-0.39, 0.29) is 12.0 Å². The van der Waals surface area contributed by atoms with Crippen molar-refractivity contribution in [2.75, 3.05) is 4.90 Å². The Balaban J connectivity index is 1.19. The Morgan fingerprint density at radius 3 is 2.17 bits per heavy atom. The minimum Gasteiger partial charge on any atom is -0.341 e. The van der Waals surface area contributed by atoms with Crippen LogP contribution in [0, 0.1) is 0 Å². The normalized spacial score (nSPS) is 16.6. The predicted octanol–water partition coefficient (Wildman–Crippen LogP) is 10.8. The summed E-state index contributed by atoms with van der Waals surface area (Å²) in [6.45, 7) is 3.16. The number of aryl methyl sites for hydroxylation is 1. The minimum atomic E-state index is 0.0259. The molecule has 0 amide bonds. The lowest BCUT2D eigenvalue weighted by Crippen LogP contribution is -2.26. The minimum absolute atomic E-state index is 0.0259. The molecule has 48 heavy (non-hydrogen) atoms. The highest BCUT2D eigenvalue weighted by Gasteiger charge is 2.44. The summed E-state index contributed by atoms with van der Waals surface area (Å²) >= 11 is 0. The Hall–Kier alpha value is -6.00. The summed E-state index contributed by atoms with van der Waals surface area (Å²) in [7, 11) is 0. The van der Waals surface area contributed by atoms with Crippen molar-refractivity contribution in [2.45, 2.75) is 25.4 Å². The van der Waals surface area contributed by atoms with Crippen LogP contribution < -0.4 is 4.90 Å². The maximum absolute atomic E-state index is 5.36. The van der Waals surface area contributed by atoms with E-state index in [2.05, 4.69) is 168 Å². The van der Waals surface area contributed by atoms with Gasteiger partial charge in [0, 0.05) is 50.9 Å². The van der Waals surface area contributed by atoms with Crippen molar-refractivity contribution in [3.8, 4) is 11.3 Å². The fourth-order valence-electron chi connectivity index (χ4n) is 8.28. The second-order valence-electron chi connectivity index (χ2n) is 12.8. The summed E-state index contributed by atoms with van der Waals surface area (Å²) in [5, 5.41) is 3.67. The molecule has 10 rings (SSSR count). The lowest BCUT2D eigenvalue weighted by atomic mass is 9.77. The molecule has 0 saturated heterocycles. The number of aromatic nitrogens is 3. The first-order valence-electron chi connectivity index (χ1n) is 16.8. The van der Waals surface area contributed by atoms with Crippen LogP contribution in [0.2, 0.25) is 0 Å². The number of hydrogen-bond acceptors (Lipinski definition) is 3. The Labute approximate surface area is 279 Å². The number of fused-ring (bicyclic) bond motifs is 9. The van der Waals surface area contributed by atoms with E-state index in [0.717, 1.165) is 40.3 Å². The number of rotatable bonds is 4. The molecular weight excluding hydrogens is 585 g/mol. The van der Waals surface area contributed by atoms with Crippen molar-refractivity contribution in [3.05, 3.63) is 174 Å². The summed E-state index contributed by atoms with van der Waals surface area (Å²) in [4.78, 5) is 13.0. The van der Waals surface area contributed by atoms with E-state index < -0.39 is 0 Å². The van der Waals surface area contributed by atoms with Crippen molar-refractivity contribution in [1.29, 1.82) is 0 Å². The van der Waals surface area contributed by atoms with Crippen molar-refractivity contribution in [2.24, 2.45) is 0 Å². The largest absolute Gasteiger partial charge is 0.341 e. The molecule has 0 fully saturated rings. The third-order valence-corrected chi connectivity index (χ3v) is 10.3. The average Bonchev–Trinajstić information content (AvgIpc) is 3.66. The highest BCUT2D eigenvalue weighted by Crippen LogP contribution is 2.57. The van der Waals surface area contributed by atoms with Gasteiger partial charge in [-0.25, -0.2) is 9.97 Å². The van der Waals surface area contributed by atoms with Crippen LogP contribution in [0.3, 0.4) is 0 Å². The van der Waals surface area contributed by atoms with Crippen LogP contribution >= 0.6 is 0 Å². The quantitative estimate of drug-likeness (QED) is 0.197. The van der Waals surface area contributed by atoms with Crippen LogP contribution in [0.25, 0.3) is 49.5 Å². The first-order valence-corrected chi connectivity index (χ1v) is 16.8. The lowest BCUT2D eigenvalue weighted by Gasteiger charge is -2.34. The summed E-state index contributed by atoms with van der Waals surface area (Å²) < 4.78 is 2.44. The van der Waals surface area contributed by atoms with Crippen LogP contribution in [0.5, 0.6) is 0 Å². The van der Waals surface area contributed by atoms with E-state index in [1.807, 2.05) is 0 Å². The molecule has 0 bridgehead atoms. The van der Waals surface area contributed by atoms with Gasteiger partial charge in [0.25, 0.3) is 0 Å². The summed E-state index contributed by atoms with van der Waals surface area (Å²) in [5.41, 5.74) is 13.1. The average molecular weight is 617 g/mol. The third kappa shape index (κ3) is 3.89. The van der Waals surface area contributed by atoms with E-state index >= 15 is 0 Å². The molecule has 2 aromatic heterocycles. The number of benzene rings is 6. The first kappa shape index (κ1) is 27.1. The molecule has 0 radical (unpaired) electrons. The molecular formula is C44H32N4. The van der Waals surface area contributed by atoms with Gasteiger partial charge >= 0.3 is 0 Å². The molecule has 1 aliphatic heterocycles. The highest BCUT2D eigenvalue weighted by molar-refractivity contribution is 6.09. The van der Waals surface area contributed by atoms with E-state index in [0.29, 0.717) is 0 Å². The Morgan fingerprint density at radius 1 is 0.583 bits per heavy atom. The van der Waals surface area contributed by atoms with E-state index in [4.69, 9.17) is 9.97 Å². The SMILES string of the molecule is CCn1c2ccccc2c2ccc(C3=CC4c5ccccc5N(c5nc(-c6ccccc6)c6ccccc6n5)C4c4ccccc43)cc21. The molecule has 4 nitrogen and oxygen atoms in total. The van der Waals surface area contributed by atoms with Crippen molar-refractivity contribution in [3.63, 3.8) is 0 Å². The van der Waals surface area contributed by atoms with Gasteiger partial charge in [0.2, 0.25) is 5.95 Å². The zero-order chi connectivity index (χ0) is 31.8. The number of hydrogen-bond donors (Lipinski definition) is 0. The van der Waals surface area contributed by atoms with Gasteiger partial charge < -0.3 is 9.47 Å². The molecule has 6 aromatic carbocycles. The molecule has 0 spiro atoms. The lowest BCUT2D eigenvalue weighted by molar-refractivity contribution is 0.654. The standard InChI is InChI=1S/C44H32N4/c1-2-47-39-22-12-9-17-31(39)33-25-24-29(26-41(33)47)36-27-37-32-18-10-13-23-40(32)48(43(37)34-19-7-6-16-30(34)36)44-45-38-21-11-8-20-35(38)42(46-44)28-14-4-3-5-15-28/h3-27,37,43H,2H2,1H3. The molecule has 2 atom stereocenters. The Bertz CT molecular complexity index is 2580. The molecule has 4 heteroatoms. The Kier molecular flexibility index (Phi) is 5.94. The zero-order valence-electron chi connectivity index (χ0n) is 26.6. The summed E-state index contributed by atoms with van der Waals surface area (Å²) in [5.74, 6) is 0.863. The highest BCUT2D eigenvalue weighted by atomic mass is 15.3. The number of anilines is 2.